The van der Waals surface area contributed by atoms with E-state index in [9.17, 15) is 4.79 Å². The largest absolute Gasteiger partial charge is 0.354 e. The van der Waals surface area contributed by atoms with Crippen LogP contribution < -0.4 is 21.3 Å². The van der Waals surface area contributed by atoms with E-state index in [4.69, 9.17) is 11.6 Å². The van der Waals surface area contributed by atoms with Crippen molar-refractivity contribution >= 4 is 35.4 Å². The highest BCUT2D eigenvalue weighted by Gasteiger charge is 2.22. The van der Waals surface area contributed by atoms with Gasteiger partial charge in [0.25, 0.3) is 0 Å². The molecule has 2 aromatic heterocycles. The number of amides is 1. The minimum atomic E-state index is -0.378. The highest BCUT2D eigenvalue weighted by atomic mass is 35.5. The van der Waals surface area contributed by atoms with E-state index in [2.05, 4.69) is 41.2 Å². The fourth-order valence-electron chi connectivity index (χ4n) is 3.30. The lowest BCUT2D eigenvalue weighted by Crippen LogP contribution is -2.38. The highest BCUT2D eigenvalue weighted by Crippen LogP contribution is 2.16. The van der Waals surface area contributed by atoms with Gasteiger partial charge in [0, 0.05) is 37.1 Å². The van der Waals surface area contributed by atoms with Crippen molar-refractivity contribution in [3.05, 3.63) is 64.9 Å². The lowest BCUT2D eigenvalue weighted by Gasteiger charge is -2.16. The molecule has 1 aromatic carbocycles. The Kier molecular flexibility index (Phi) is 7.29. The lowest BCUT2D eigenvalue weighted by molar-refractivity contribution is -0.121. The van der Waals surface area contributed by atoms with Gasteiger partial charge in [0.2, 0.25) is 23.8 Å². The van der Waals surface area contributed by atoms with E-state index in [0.29, 0.717) is 42.5 Å². The first kappa shape index (κ1) is 21.8. The van der Waals surface area contributed by atoms with Crippen LogP contribution in [0.1, 0.15) is 30.4 Å². The third-order valence-corrected chi connectivity index (χ3v) is 5.29. The number of benzene rings is 1. The fraction of sp³-hybridized carbons (Fsp3) is 0.318. The topological polar surface area (TPSA) is 117 Å². The average molecular weight is 453 g/mol. The lowest BCUT2D eigenvalue weighted by atomic mass is 10.1. The zero-order valence-electron chi connectivity index (χ0n) is 17.5. The van der Waals surface area contributed by atoms with Crippen LogP contribution in [0.25, 0.3) is 0 Å². The van der Waals surface area contributed by atoms with E-state index in [1.165, 1.54) is 0 Å². The van der Waals surface area contributed by atoms with Crippen molar-refractivity contribution in [1.82, 2.24) is 25.3 Å². The number of nitrogens with zero attached hydrogens (tertiary/aromatic N) is 4. The minimum Gasteiger partial charge on any atom is -0.354 e. The van der Waals surface area contributed by atoms with E-state index in [1.807, 2.05) is 36.4 Å². The third kappa shape index (κ3) is 6.27. The van der Waals surface area contributed by atoms with E-state index < -0.39 is 0 Å². The molecule has 3 aromatic rings. The molecule has 1 amide bonds. The summed E-state index contributed by atoms with van der Waals surface area (Å²) < 4.78 is 0. The smallest absolute Gasteiger partial charge is 0.242 e. The molecule has 166 valence electrons. The summed E-state index contributed by atoms with van der Waals surface area (Å²) in [5.41, 5.74) is 2.09. The fourth-order valence-corrected chi connectivity index (χ4v) is 3.42. The van der Waals surface area contributed by atoms with E-state index >= 15 is 0 Å². The van der Waals surface area contributed by atoms with Crippen molar-refractivity contribution in [3.8, 4) is 0 Å². The Bertz CT molecular complexity index is 1030. The minimum absolute atomic E-state index is 0.0371. The maximum atomic E-state index is 12.3. The van der Waals surface area contributed by atoms with Crippen molar-refractivity contribution < 1.29 is 4.79 Å². The van der Waals surface area contributed by atoms with Gasteiger partial charge in [-0.05, 0) is 54.7 Å². The normalized spacial score (nSPS) is 16.0. The molecule has 4 N–H and O–H groups in total. The summed E-state index contributed by atoms with van der Waals surface area (Å²) >= 11 is 5.97. The summed E-state index contributed by atoms with van der Waals surface area (Å²) in [6.45, 7) is 1.75. The molecule has 1 aliphatic rings. The molecule has 1 aliphatic heterocycles. The maximum Gasteiger partial charge on any atom is 0.242 e. The van der Waals surface area contributed by atoms with Crippen molar-refractivity contribution in [2.24, 2.45) is 0 Å². The number of hydrogen-bond acceptors (Lipinski definition) is 8. The summed E-state index contributed by atoms with van der Waals surface area (Å²) in [5.74, 6) is 1.12. The van der Waals surface area contributed by atoms with E-state index in [0.717, 1.165) is 30.4 Å². The van der Waals surface area contributed by atoms with E-state index in [1.54, 1.807) is 12.4 Å². The first-order chi connectivity index (χ1) is 15.7. The number of anilines is 3. The van der Waals surface area contributed by atoms with Crippen molar-refractivity contribution in [2.45, 2.75) is 38.4 Å². The van der Waals surface area contributed by atoms with Crippen LogP contribution in [0.3, 0.4) is 0 Å². The van der Waals surface area contributed by atoms with Gasteiger partial charge in [-0.2, -0.15) is 15.0 Å². The average Bonchev–Trinajstić information content (AvgIpc) is 3.02. The molecular weight excluding hydrogens is 428 g/mol. The summed E-state index contributed by atoms with van der Waals surface area (Å²) in [6.07, 6.45) is 6.12. The first-order valence-corrected chi connectivity index (χ1v) is 10.9. The third-order valence-electron chi connectivity index (χ3n) is 5.04. The van der Waals surface area contributed by atoms with Gasteiger partial charge in [-0.25, -0.2) is 0 Å². The second-order valence-corrected chi connectivity index (χ2v) is 7.92. The molecule has 0 radical (unpaired) electrons. The SMILES string of the molecule is O=C1NCCCCC1Nc1nc(NCc2ccncc2)nc(NCc2ccc(Cl)cc2)n1. The molecule has 0 bridgehead atoms. The van der Waals surface area contributed by atoms with Gasteiger partial charge < -0.3 is 21.3 Å². The van der Waals surface area contributed by atoms with Crippen LogP contribution >= 0.6 is 11.6 Å². The number of hydrogen-bond donors (Lipinski definition) is 4. The van der Waals surface area contributed by atoms with Crippen molar-refractivity contribution in [2.75, 3.05) is 22.5 Å². The van der Waals surface area contributed by atoms with Crippen LogP contribution in [0.2, 0.25) is 5.02 Å². The van der Waals surface area contributed by atoms with Gasteiger partial charge in [0.05, 0.1) is 0 Å². The second-order valence-electron chi connectivity index (χ2n) is 7.48. The number of nitrogens with one attached hydrogen (secondary N) is 4. The highest BCUT2D eigenvalue weighted by molar-refractivity contribution is 6.30. The molecule has 3 heterocycles. The van der Waals surface area contributed by atoms with Crippen LogP contribution in [-0.2, 0) is 17.9 Å². The number of carbonyl (C=O) groups is 1. The van der Waals surface area contributed by atoms with Crippen LogP contribution in [0.4, 0.5) is 17.8 Å². The Morgan fingerprint density at radius 1 is 0.875 bits per heavy atom. The monoisotopic (exact) mass is 452 g/mol. The molecule has 9 nitrogen and oxygen atoms in total. The number of halogens is 1. The van der Waals surface area contributed by atoms with Gasteiger partial charge in [-0.3, -0.25) is 9.78 Å². The van der Waals surface area contributed by atoms with Crippen LogP contribution in [0.15, 0.2) is 48.8 Å². The molecule has 4 rings (SSSR count). The van der Waals surface area contributed by atoms with E-state index in [-0.39, 0.29) is 11.9 Å². The Hall–Kier alpha value is -3.46. The maximum absolute atomic E-state index is 12.3. The van der Waals surface area contributed by atoms with Gasteiger partial charge in [0.1, 0.15) is 6.04 Å². The van der Waals surface area contributed by atoms with Gasteiger partial charge in [-0.15, -0.1) is 0 Å². The molecule has 0 saturated carbocycles. The van der Waals surface area contributed by atoms with Crippen molar-refractivity contribution in [3.63, 3.8) is 0 Å². The van der Waals surface area contributed by atoms with Crippen molar-refractivity contribution in [1.29, 1.82) is 0 Å². The predicted octanol–water partition coefficient (Wildman–Crippen LogP) is 3.22. The van der Waals surface area contributed by atoms with Gasteiger partial charge >= 0.3 is 0 Å². The zero-order valence-corrected chi connectivity index (χ0v) is 18.3. The molecular formula is C22H25ClN8O. The molecule has 0 spiro atoms. The van der Waals surface area contributed by atoms with Crippen LogP contribution in [0, 0.1) is 0 Å². The first-order valence-electron chi connectivity index (χ1n) is 10.6. The Labute approximate surface area is 191 Å². The standard InChI is InChI=1S/C22H25ClN8O/c23-17-6-4-15(5-7-17)13-26-20-29-21(27-14-16-8-11-24-12-9-16)31-22(30-20)28-18-3-1-2-10-25-19(18)32/h4-9,11-12,18H,1-3,10,13-14H2,(H,25,32)(H3,26,27,28,29,30,31). The van der Waals surface area contributed by atoms with Crippen LogP contribution in [0.5, 0.6) is 0 Å². The Balaban J connectivity index is 1.51. The molecule has 1 atom stereocenters. The summed E-state index contributed by atoms with van der Waals surface area (Å²) in [4.78, 5) is 29.8. The van der Waals surface area contributed by atoms with Gasteiger partial charge in [-0.1, -0.05) is 23.7 Å². The van der Waals surface area contributed by atoms with Crippen LogP contribution in [-0.4, -0.2) is 38.4 Å². The molecule has 1 fully saturated rings. The Morgan fingerprint density at radius 2 is 1.50 bits per heavy atom. The Morgan fingerprint density at radius 3 is 2.19 bits per heavy atom. The summed E-state index contributed by atoms with van der Waals surface area (Å²) in [6, 6.07) is 11.0. The van der Waals surface area contributed by atoms with Gasteiger partial charge in [0.15, 0.2) is 0 Å². The quantitative estimate of drug-likeness (QED) is 0.411. The zero-order chi connectivity index (χ0) is 22.2. The molecule has 32 heavy (non-hydrogen) atoms. The second kappa shape index (κ2) is 10.7. The summed E-state index contributed by atoms with van der Waals surface area (Å²) in [7, 11) is 0. The number of pyridine rings is 1. The molecule has 1 unspecified atom stereocenters. The number of rotatable bonds is 8. The molecule has 1 saturated heterocycles. The number of aromatic nitrogens is 4. The number of carbonyl (C=O) groups excluding carboxylic acids is 1. The molecule has 0 aliphatic carbocycles. The summed E-state index contributed by atoms with van der Waals surface area (Å²) in [5, 5.41) is 13.2. The molecule has 10 heteroatoms. The predicted molar refractivity (Wildman–Crippen MR) is 124 cm³/mol.